The van der Waals surface area contributed by atoms with E-state index < -0.39 is 35.9 Å². The minimum absolute atomic E-state index is 0.0342. The van der Waals surface area contributed by atoms with Gasteiger partial charge in [-0.25, -0.2) is 14.0 Å². The zero-order valence-corrected chi connectivity index (χ0v) is 22.8. The molecule has 5 rings (SSSR count). The van der Waals surface area contributed by atoms with Gasteiger partial charge in [-0.05, 0) is 52.9 Å². The van der Waals surface area contributed by atoms with Crippen molar-refractivity contribution in [3.05, 3.63) is 125 Å². The number of fused-ring (bicyclic) bond motifs is 3. The maximum atomic E-state index is 14.2. The third kappa shape index (κ3) is 6.31. The number of carboxylic acids is 1. The molecule has 0 unspecified atom stereocenters. The van der Waals surface area contributed by atoms with Gasteiger partial charge in [-0.1, -0.05) is 78.9 Å². The molecule has 0 heterocycles. The highest BCUT2D eigenvalue weighted by Gasteiger charge is 2.31. The Kier molecular flexibility index (Phi) is 8.59. The van der Waals surface area contributed by atoms with Gasteiger partial charge in [0.05, 0.1) is 24.0 Å². The number of benzene rings is 4. The van der Waals surface area contributed by atoms with Crippen LogP contribution >= 0.6 is 0 Å². The summed E-state index contributed by atoms with van der Waals surface area (Å²) in [5, 5.41) is 14.6. The molecule has 0 aliphatic heterocycles. The van der Waals surface area contributed by atoms with Crippen LogP contribution in [0.5, 0.6) is 0 Å². The Morgan fingerprint density at radius 2 is 1.50 bits per heavy atom. The number of carbonyl (C=O) groups is 3. The van der Waals surface area contributed by atoms with Crippen molar-refractivity contribution in [1.82, 2.24) is 5.32 Å². The second kappa shape index (κ2) is 12.7. The van der Waals surface area contributed by atoms with Crippen LogP contribution < -0.4 is 10.6 Å². The van der Waals surface area contributed by atoms with Crippen LogP contribution in [-0.4, -0.2) is 41.8 Å². The Morgan fingerprint density at radius 1 is 0.881 bits per heavy atom. The van der Waals surface area contributed by atoms with Gasteiger partial charge in [0, 0.05) is 5.92 Å². The molecule has 0 fully saturated rings. The number of carboxylic acid groups (broad SMARTS) is 1. The molecule has 214 valence electrons. The van der Waals surface area contributed by atoms with Gasteiger partial charge in [-0.2, -0.15) is 0 Å². The van der Waals surface area contributed by atoms with Crippen molar-refractivity contribution < 1.29 is 33.4 Å². The lowest BCUT2D eigenvalue weighted by Gasteiger charge is -2.22. The molecule has 2 atom stereocenters. The second-order valence-electron chi connectivity index (χ2n) is 9.93. The largest absolute Gasteiger partial charge is 0.480 e. The normalized spacial score (nSPS) is 13.4. The van der Waals surface area contributed by atoms with Crippen LogP contribution in [0.25, 0.3) is 11.1 Å². The fourth-order valence-corrected chi connectivity index (χ4v) is 5.05. The highest BCUT2D eigenvalue weighted by Crippen LogP contribution is 2.44. The monoisotopic (exact) mass is 568 g/mol. The smallest absolute Gasteiger partial charge is 0.411 e. The molecule has 3 N–H and O–H groups in total. The summed E-state index contributed by atoms with van der Waals surface area (Å²) in [5.74, 6) is -3.14. The number of ether oxygens (including phenoxy) is 2. The van der Waals surface area contributed by atoms with Crippen LogP contribution in [0.2, 0.25) is 0 Å². The summed E-state index contributed by atoms with van der Waals surface area (Å²) in [6.45, 7) is 1.69. The predicted molar refractivity (Wildman–Crippen MR) is 155 cm³/mol. The molecule has 0 radical (unpaired) electrons. The summed E-state index contributed by atoms with van der Waals surface area (Å²) in [6, 6.07) is 26.7. The van der Waals surface area contributed by atoms with Gasteiger partial charge in [0.2, 0.25) is 0 Å². The third-order valence-electron chi connectivity index (χ3n) is 7.18. The molecule has 2 amide bonds. The zero-order valence-electron chi connectivity index (χ0n) is 22.8. The first-order valence-corrected chi connectivity index (χ1v) is 13.4. The summed E-state index contributed by atoms with van der Waals surface area (Å²) < 4.78 is 25.4. The van der Waals surface area contributed by atoms with E-state index in [1.165, 1.54) is 13.0 Å². The highest BCUT2D eigenvalue weighted by atomic mass is 19.1. The standard InChI is InChI=1S/C33H29FN2O6/c1-20(41-18-21-9-3-2-4-10-21)30(32(38)39)36-31(37)27-17-22(34)15-16-29(27)35-33(40)42-19-28-25-13-7-5-11-23(25)24-12-6-8-14-26(24)28/h2-17,20,28,30H,18-19H2,1H3,(H,35,40)(H,36,37)(H,38,39)/t20-,30+/m1/s1. The van der Waals surface area contributed by atoms with Gasteiger partial charge in [0.1, 0.15) is 12.4 Å². The van der Waals surface area contributed by atoms with Crippen LogP contribution in [0.4, 0.5) is 14.9 Å². The molecule has 9 heteroatoms. The Bertz CT molecular complexity index is 1560. The topological polar surface area (TPSA) is 114 Å². The van der Waals surface area contributed by atoms with E-state index in [2.05, 4.69) is 10.6 Å². The van der Waals surface area contributed by atoms with Crippen LogP contribution in [0.1, 0.15) is 39.9 Å². The van der Waals surface area contributed by atoms with Gasteiger partial charge in [-0.15, -0.1) is 0 Å². The van der Waals surface area contributed by atoms with Crippen LogP contribution in [-0.2, 0) is 20.9 Å². The van der Waals surface area contributed by atoms with Crippen molar-refractivity contribution in [2.45, 2.75) is 31.6 Å². The van der Waals surface area contributed by atoms with Crippen LogP contribution in [0, 0.1) is 5.82 Å². The molecule has 8 nitrogen and oxygen atoms in total. The Morgan fingerprint density at radius 3 is 2.14 bits per heavy atom. The van der Waals surface area contributed by atoms with Crippen molar-refractivity contribution in [3.63, 3.8) is 0 Å². The summed E-state index contributed by atoms with van der Waals surface area (Å²) in [5.41, 5.74) is 4.77. The first kappa shape index (κ1) is 28.5. The lowest BCUT2D eigenvalue weighted by atomic mass is 9.98. The van der Waals surface area contributed by atoms with Crippen molar-refractivity contribution in [3.8, 4) is 11.1 Å². The molecule has 1 aliphatic rings. The number of rotatable bonds is 10. The van der Waals surface area contributed by atoms with Gasteiger partial charge >= 0.3 is 12.1 Å². The van der Waals surface area contributed by atoms with Gasteiger partial charge in [-0.3, -0.25) is 10.1 Å². The van der Waals surface area contributed by atoms with E-state index in [4.69, 9.17) is 9.47 Å². The number of aliphatic carboxylic acids is 1. The molecular weight excluding hydrogens is 539 g/mol. The minimum atomic E-state index is -1.44. The number of anilines is 1. The van der Waals surface area contributed by atoms with E-state index in [9.17, 15) is 23.9 Å². The molecular formula is C33H29FN2O6. The van der Waals surface area contributed by atoms with Gasteiger partial charge in [0.25, 0.3) is 5.91 Å². The minimum Gasteiger partial charge on any atom is -0.480 e. The molecule has 1 aliphatic carbocycles. The van der Waals surface area contributed by atoms with E-state index in [0.717, 1.165) is 39.9 Å². The fraction of sp³-hybridized carbons (Fsp3) is 0.182. The van der Waals surface area contributed by atoms with Crippen LogP contribution in [0.3, 0.4) is 0 Å². The molecule has 42 heavy (non-hydrogen) atoms. The average Bonchev–Trinajstić information content (AvgIpc) is 3.32. The first-order chi connectivity index (χ1) is 20.3. The molecule has 0 bridgehead atoms. The van der Waals surface area contributed by atoms with E-state index in [1.54, 1.807) is 0 Å². The fourth-order valence-electron chi connectivity index (χ4n) is 5.05. The Balaban J connectivity index is 1.25. The van der Waals surface area contributed by atoms with Gasteiger partial charge < -0.3 is 19.9 Å². The van der Waals surface area contributed by atoms with E-state index in [1.807, 2.05) is 78.9 Å². The molecule has 0 aromatic heterocycles. The molecule has 4 aromatic rings. The summed E-state index contributed by atoms with van der Waals surface area (Å²) in [6.07, 6.45) is -1.76. The maximum absolute atomic E-state index is 14.2. The molecule has 0 spiro atoms. The number of nitrogens with one attached hydrogen (secondary N) is 2. The van der Waals surface area contributed by atoms with E-state index in [-0.39, 0.29) is 30.4 Å². The number of carbonyl (C=O) groups excluding carboxylic acids is 2. The van der Waals surface area contributed by atoms with Crippen molar-refractivity contribution >= 4 is 23.7 Å². The zero-order chi connectivity index (χ0) is 29.6. The summed E-state index contributed by atoms with van der Waals surface area (Å²) in [7, 11) is 0. The Labute approximate surface area is 242 Å². The maximum Gasteiger partial charge on any atom is 0.411 e. The number of hydrogen-bond acceptors (Lipinski definition) is 5. The van der Waals surface area contributed by atoms with Crippen LogP contribution in [0.15, 0.2) is 97.1 Å². The average molecular weight is 569 g/mol. The summed E-state index contributed by atoms with van der Waals surface area (Å²) >= 11 is 0. The van der Waals surface area contributed by atoms with E-state index in [0.29, 0.717) is 0 Å². The summed E-state index contributed by atoms with van der Waals surface area (Å²) in [4.78, 5) is 38.0. The number of hydrogen-bond donors (Lipinski definition) is 3. The number of halogens is 1. The van der Waals surface area contributed by atoms with Crippen molar-refractivity contribution in [1.29, 1.82) is 0 Å². The lowest BCUT2D eigenvalue weighted by Crippen LogP contribution is -2.48. The van der Waals surface area contributed by atoms with E-state index >= 15 is 0 Å². The quantitative estimate of drug-likeness (QED) is 0.217. The molecule has 0 saturated heterocycles. The molecule has 0 saturated carbocycles. The second-order valence-corrected chi connectivity index (χ2v) is 9.93. The highest BCUT2D eigenvalue weighted by molar-refractivity contribution is 6.04. The third-order valence-corrected chi connectivity index (χ3v) is 7.18. The van der Waals surface area contributed by atoms with Crippen molar-refractivity contribution in [2.75, 3.05) is 11.9 Å². The predicted octanol–water partition coefficient (Wildman–Crippen LogP) is 5.98. The number of amides is 2. The first-order valence-electron chi connectivity index (χ1n) is 13.4. The van der Waals surface area contributed by atoms with Gasteiger partial charge in [0.15, 0.2) is 6.04 Å². The Hall–Kier alpha value is -5.02. The SMILES string of the molecule is C[C@@H](OCc1ccccc1)[C@H](NC(=O)c1cc(F)ccc1NC(=O)OCC1c2ccccc2-c2ccccc21)C(=O)O. The molecule has 4 aromatic carbocycles. The van der Waals surface area contributed by atoms with Crippen molar-refractivity contribution in [2.24, 2.45) is 0 Å². The lowest BCUT2D eigenvalue weighted by molar-refractivity contribution is -0.143.